The Morgan fingerprint density at radius 1 is 0.789 bits per heavy atom. The molecule has 6 heteroatoms. The molecule has 1 heterocycles. The number of Topliss-reactive ketones (excluding diaryl/α,β-unsaturated/α-hetero) is 2. The Kier molecular flexibility index (Phi) is 14.0. The lowest BCUT2D eigenvalue weighted by Gasteiger charge is -2.22. The zero-order chi connectivity index (χ0) is 27.0. The number of aliphatic imine (C=N–C) groups is 1. The topological polar surface area (TPSA) is 59.0 Å². The van der Waals surface area contributed by atoms with Gasteiger partial charge in [0.2, 0.25) is 11.6 Å². The molecule has 2 aliphatic rings. The van der Waals surface area contributed by atoms with Gasteiger partial charge in [-0.1, -0.05) is 133 Å². The third-order valence-corrected chi connectivity index (χ3v) is 8.01. The molecule has 0 aromatic heterocycles. The van der Waals surface area contributed by atoms with Crippen molar-refractivity contribution in [3.8, 4) is 0 Å². The van der Waals surface area contributed by atoms with Crippen molar-refractivity contribution in [2.45, 2.75) is 110 Å². The molecule has 0 fully saturated rings. The van der Waals surface area contributed by atoms with E-state index in [1.54, 1.807) is 24.3 Å². The van der Waals surface area contributed by atoms with Gasteiger partial charge in [0.25, 0.3) is 0 Å². The molecule has 0 saturated heterocycles. The maximum Gasteiger partial charge on any atom is 0.230 e. The van der Waals surface area contributed by atoms with Gasteiger partial charge in [-0.05, 0) is 6.42 Å². The Balaban J connectivity index is 1.22. The molecule has 1 aromatic carbocycles. The van der Waals surface area contributed by atoms with Crippen molar-refractivity contribution in [2.75, 3.05) is 26.2 Å². The molecule has 0 bridgehead atoms. The molecule has 0 amide bonds. The minimum absolute atomic E-state index is 0.0320. The first kappa shape index (κ1) is 30.4. The summed E-state index contributed by atoms with van der Waals surface area (Å²) >= 11 is 6.20. The number of rotatable bonds is 20. The number of allylic oxidation sites excluding steroid dienone is 2. The van der Waals surface area contributed by atoms with Crippen molar-refractivity contribution >= 4 is 29.0 Å². The number of unbranched alkanes of at least 4 members (excludes halogenated alkanes) is 14. The molecular formula is C32H47ClN2O3. The van der Waals surface area contributed by atoms with Crippen LogP contribution in [0.4, 0.5) is 0 Å². The minimum Gasteiger partial charge on any atom is -0.486 e. The number of hydrogen-bond donors (Lipinski definition) is 0. The Labute approximate surface area is 235 Å². The summed E-state index contributed by atoms with van der Waals surface area (Å²) < 4.78 is 5.76. The molecule has 0 spiro atoms. The second-order valence-electron chi connectivity index (χ2n) is 10.7. The Hall–Kier alpha value is -2.14. The number of nitrogens with zero attached hydrogens (tertiary/aromatic N) is 2. The fraction of sp³-hybridized carbons (Fsp3) is 0.656. The average Bonchev–Trinajstić information content (AvgIpc) is 3.38. The zero-order valence-corrected chi connectivity index (χ0v) is 24.2. The molecule has 1 aromatic rings. The van der Waals surface area contributed by atoms with E-state index in [4.69, 9.17) is 16.3 Å². The first-order valence-corrected chi connectivity index (χ1v) is 15.5. The van der Waals surface area contributed by atoms with Crippen LogP contribution in [-0.4, -0.2) is 48.5 Å². The number of carbonyl (C=O) groups is 2. The smallest absolute Gasteiger partial charge is 0.230 e. The highest BCUT2D eigenvalue weighted by Crippen LogP contribution is 2.29. The Bertz CT molecular complexity index is 956. The SMILES string of the molecule is CCCCCCCCCCCCCCCCCC1=NCCN1CCOC1=C(Cl)C(=O)c2ccccc2C1=O. The van der Waals surface area contributed by atoms with Crippen LogP contribution in [-0.2, 0) is 4.74 Å². The van der Waals surface area contributed by atoms with Gasteiger partial charge < -0.3 is 9.64 Å². The third kappa shape index (κ3) is 9.55. The Morgan fingerprint density at radius 2 is 1.32 bits per heavy atom. The summed E-state index contributed by atoms with van der Waals surface area (Å²) in [7, 11) is 0. The van der Waals surface area contributed by atoms with E-state index >= 15 is 0 Å². The first-order chi connectivity index (χ1) is 18.6. The van der Waals surface area contributed by atoms with Crippen LogP contribution in [0.3, 0.4) is 0 Å². The summed E-state index contributed by atoms with van der Waals surface area (Å²) in [6.07, 6.45) is 21.5. The van der Waals surface area contributed by atoms with Crippen molar-refractivity contribution in [1.82, 2.24) is 4.90 Å². The molecular weight excluding hydrogens is 496 g/mol. The molecule has 0 radical (unpaired) electrons. The maximum atomic E-state index is 12.8. The summed E-state index contributed by atoms with van der Waals surface area (Å²) in [4.78, 5) is 32.2. The van der Waals surface area contributed by atoms with Gasteiger partial charge in [-0.3, -0.25) is 14.6 Å². The number of amidine groups is 1. The highest BCUT2D eigenvalue weighted by molar-refractivity contribution is 6.49. The molecule has 0 atom stereocenters. The van der Waals surface area contributed by atoms with E-state index < -0.39 is 0 Å². The van der Waals surface area contributed by atoms with Gasteiger partial charge in [-0.15, -0.1) is 0 Å². The van der Waals surface area contributed by atoms with E-state index in [2.05, 4.69) is 16.8 Å². The number of carbonyl (C=O) groups excluding carboxylic acids is 2. The molecule has 5 nitrogen and oxygen atoms in total. The van der Waals surface area contributed by atoms with Crippen LogP contribution in [0, 0.1) is 0 Å². The van der Waals surface area contributed by atoms with Crippen molar-refractivity contribution in [2.24, 2.45) is 4.99 Å². The zero-order valence-electron chi connectivity index (χ0n) is 23.4. The lowest BCUT2D eigenvalue weighted by atomic mass is 9.93. The predicted octanol–water partition coefficient (Wildman–Crippen LogP) is 8.51. The number of hydrogen-bond acceptors (Lipinski definition) is 5. The third-order valence-electron chi connectivity index (χ3n) is 7.66. The van der Waals surface area contributed by atoms with Crippen LogP contribution >= 0.6 is 11.6 Å². The standard InChI is InChI=1S/C32H47ClN2O3/c1-2-3-4-5-6-7-8-9-10-11-12-13-14-15-16-21-28-34-22-23-35(28)24-25-38-32-29(33)30(36)26-19-17-18-20-27(26)31(32)37/h17-20H,2-16,21-25H2,1H3. The number of fused-ring (bicyclic) bond motifs is 1. The molecule has 210 valence electrons. The molecule has 1 aliphatic carbocycles. The average molecular weight is 543 g/mol. The van der Waals surface area contributed by atoms with Crippen LogP contribution < -0.4 is 0 Å². The van der Waals surface area contributed by atoms with Gasteiger partial charge in [0.05, 0.1) is 18.9 Å². The maximum absolute atomic E-state index is 12.8. The van der Waals surface area contributed by atoms with Crippen LogP contribution in [0.25, 0.3) is 0 Å². The molecule has 0 N–H and O–H groups in total. The highest BCUT2D eigenvalue weighted by atomic mass is 35.5. The molecule has 1 aliphatic heterocycles. The van der Waals surface area contributed by atoms with Crippen molar-refractivity contribution < 1.29 is 14.3 Å². The van der Waals surface area contributed by atoms with Gasteiger partial charge in [0.15, 0.2) is 5.76 Å². The molecule has 0 saturated carbocycles. The predicted molar refractivity (Wildman–Crippen MR) is 157 cm³/mol. The van der Waals surface area contributed by atoms with Crippen molar-refractivity contribution in [3.05, 3.63) is 46.2 Å². The van der Waals surface area contributed by atoms with Gasteiger partial charge in [-0.2, -0.15) is 0 Å². The normalized spacial score (nSPS) is 15.3. The van der Waals surface area contributed by atoms with Crippen molar-refractivity contribution in [3.63, 3.8) is 0 Å². The number of benzene rings is 1. The van der Waals surface area contributed by atoms with Crippen LogP contribution in [0.15, 0.2) is 40.0 Å². The minimum atomic E-state index is -0.353. The lowest BCUT2D eigenvalue weighted by molar-refractivity contribution is 0.0870. The molecule has 3 rings (SSSR count). The molecule has 38 heavy (non-hydrogen) atoms. The van der Waals surface area contributed by atoms with Gasteiger partial charge in [0.1, 0.15) is 11.6 Å². The van der Waals surface area contributed by atoms with Gasteiger partial charge in [0, 0.05) is 24.1 Å². The monoisotopic (exact) mass is 542 g/mol. The summed E-state index contributed by atoms with van der Waals surface area (Å²) in [5.41, 5.74) is 0.695. The Morgan fingerprint density at radius 3 is 1.89 bits per heavy atom. The van der Waals surface area contributed by atoms with Crippen LogP contribution in [0.2, 0.25) is 0 Å². The summed E-state index contributed by atoms with van der Waals surface area (Å²) in [6, 6.07) is 6.74. The summed E-state index contributed by atoms with van der Waals surface area (Å²) in [5.74, 6) is 0.432. The molecule has 0 unspecified atom stereocenters. The first-order valence-electron chi connectivity index (χ1n) is 15.1. The highest BCUT2D eigenvalue weighted by Gasteiger charge is 2.32. The largest absolute Gasteiger partial charge is 0.486 e. The van der Waals surface area contributed by atoms with E-state index in [-0.39, 0.29) is 22.4 Å². The van der Waals surface area contributed by atoms with E-state index in [0.29, 0.717) is 24.3 Å². The number of ketones is 2. The number of ether oxygens (including phenoxy) is 1. The summed E-state index contributed by atoms with van der Waals surface area (Å²) in [6.45, 7) is 4.89. The van der Waals surface area contributed by atoms with E-state index in [0.717, 1.165) is 31.8 Å². The van der Waals surface area contributed by atoms with Gasteiger partial charge >= 0.3 is 0 Å². The number of halogens is 1. The van der Waals surface area contributed by atoms with Crippen LogP contribution in [0.5, 0.6) is 0 Å². The second kappa shape index (κ2) is 17.4. The fourth-order valence-electron chi connectivity index (χ4n) is 5.37. The van der Waals surface area contributed by atoms with Crippen LogP contribution in [0.1, 0.15) is 130 Å². The van der Waals surface area contributed by atoms with E-state index in [1.165, 1.54) is 89.9 Å². The fourth-order valence-corrected chi connectivity index (χ4v) is 5.61. The second-order valence-corrected chi connectivity index (χ2v) is 11.1. The lowest BCUT2D eigenvalue weighted by Crippen LogP contribution is -2.32. The quantitative estimate of drug-likeness (QED) is 0.155. The van der Waals surface area contributed by atoms with E-state index in [1.807, 2.05) is 0 Å². The van der Waals surface area contributed by atoms with Gasteiger partial charge in [-0.25, -0.2) is 0 Å². The summed E-state index contributed by atoms with van der Waals surface area (Å²) in [5, 5.41) is -0.123. The van der Waals surface area contributed by atoms with Crippen molar-refractivity contribution in [1.29, 1.82) is 0 Å². The van der Waals surface area contributed by atoms with E-state index in [9.17, 15) is 9.59 Å².